The third-order valence-electron chi connectivity index (χ3n) is 9.48. The van der Waals surface area contributed by atoms with E-state index in [4.69, 9.17) is 15.0 Å². The van der Waals surface area contributed by atoms with Crippen molar-refractivity contribution in [1.82, 2.24) is 15.0 Å². The van der Waals surface area contributed by atoms with Crippen LogP contribution in [0.3, 0.4) is 0 Å². The first-order valence-corrected chi connectivity index (χ1v) is 17.6. The molecule has 3 heterocycles. The van der Waals surface area contributed by atoms with Crippen LogP contribution >= 0.6 is 0 Å². The van der Waals surface area contributed by atoms with Crippen molar-refractivity contribution in [2.45, 2.75) is 13.8 Å². The average Bonchev–Trinajstić information content (AvgIpc) is 3.21. The number of nitrogens with zero attached hydrogens (tertiary/aromatic N) is 3. The standard InChI is InChI=1S/C49H37N3/c1-4-34(29-35(5-2)46-31-42(36-16-9-6-10-17-36)32-47(51-46)38-20-13-8-14-21-38)40-22-15-23-41(30-40)45-27-25-39-24-26-43-44(37-18-11-7-12-19-37)28-33(3)50-49(43)48(39)52-45/h4-32H,2H2,1,3H3/b34-4+,35-29+. The molecule has 0 radical (unpaired) electrons. The normalized spacial score (nSPS) is 12.0. The van der Waals surface area contributed by atoms with Crippen LogP contribution in [0.15, 0.2) is 183 Å². The fraction of sp³-hybridized carbons (Fsp3) is 0.0408. The van der Waals surface area contributed by atoms with E-state index in [0.29, 0.717) is 0 Å². The minimum Gasteiger partial charge on any atom is -0.251 e. The van der Waals surface area contributed by atoms with E-state index < -0.39 is 0 Å². The van der Waals surface area contributed by atoms with Crippen LogP contribution in [0.5, 0.6) is 0 Å². The second-order valence-corrected chi connectivity index (χ2v) is 12.9. The molecule has 248 valence electrons. The van der Waals surface area contributed by atoms with Crippen molar-refractivity contribution in [2.75, 3.05) is 0 Å². The lowest BCUT2D eigenvalue weighted by Crippen LogP contribution is -1.95. The predicted octanol–water partition coefficient (Wildman–Crippen LogP) is 12.8. The Morgan fingerprint density at radius 1 is 0.519 bits per heavy atom. The Kier molecular flexibility index (Phi) is 8.91. The van der Waals surface area contributed by atoms with E-state index in [1.165, 1.54) is 11.1 Å². The molecule has 0 aliphatic carbocycles. The lowest BCUT2D eigenvalue weighted by molar-refractivity contribution is 1.25. The molecule has 0 bridgehead atoms. The van der Waals surface area contributed by atoms with Gasteiger partial charge in [-0.25, -0.2) is 9.97 Å². The molecule has 0 fully saturated rings. The molecule has 3 aromatic heterocycles. The van der Waals surface area contributed by atoms with Gasteiger partial charge in [0.05, 0.1) is 28.1 Å². The van der Waals surface area contributed by atoms with Crippen LogP contribution in [-0.4, -0.2) is 15.0 Å². The van der Waals surface area contributed by atoms with Crippen LogP contribution in [0.1, 0.15) is 23.9 Å². The molecule has 5 aromatic carbocycles. The third-order valence-corrected chi connectivity index (χ3v) is 9.48. The molecule has 0 N–H and O–H groups in total. The molecule has 8 rings (SSSR count). The van der Waals surface area contributed by atoms with Crippen LogP contribution in [0.25, 0.3) is 77.7 Å². The largest absolute Gasteiger partial charge is 0.251 e. The van der Waals surface area contributed by atoms with Crippen LogP contribution in [0.4, 0.5) is 0 Å². The molecular formula is C49H37N3. The number of rotatable bonds is 8. The summed E-state index contributed by atoms with van der Waals surface area (Å²) in [4.78, 5) is 15.4. The minimum absolute atomic E-state index is 0.867. The average molecular weight is 668 g/mol. The lowest BCUT2D eigenvalue weighted by Gasteiger charge is -2.13. The van der Waals surface area contributed by atoms with E-state index in [1.54, 1.807) is 0 Å². The molecule has 0 saturated heterocycles. The first kappa shape index (κ1) is 32.5. The van der Waals surface area contributed by atoms with Gasteiger partial charge in [-0.15, -0.1) is 0 Å². The van der Waals surface area contributed by atoms with Gasteiger partial charge in [-0.05, 0) is 83.6 Å². The van der Waals surface area contributed by atoms with E-state index in [1.807, 2.05) is 36.4 Å². The van der Waals surface area contributed by atoms with Crippen molar-refractivity contribution in [1.29, 1.82) is 0 Å². The summed E-state index contributed by atoms with van der Waals surface area (Å²) in [5.41, 5.74) is 15.3. The van der Waals surface area contributed by atoms with Gasteiger partial charge in [-0.1, -0.05) is 146 Å². The smallest absolute Gasteiger partial charge is 0.0974 e. The summed E-state index contributed by atoms with van der Waals surface area (Å²) in [7, 11) is 0. The lowest BCUT2D eigenvalue weighted by atomic mass is 9.96. The van der Waals surface area contributed by atoms with Gasteiger partial charge in [-0.2, -0.15) is 0 Å². The van der Waals surface area contributed by atoms with Gasteiger partial charge in [0.15, 0.2) is 0 Å². The van der Waals surface area contributed by atoms with Crippen LogP contribution in [0, 0.1) is 6.92 Å². The zero-order chi connectivity index (χ0) is 35.4. The number of allylic oxidation sites excluding steroid dienone is 5. The number of benzene rings is 5. The highest BCUT2D eigenvalue weighted by atomic mass is 14.8. The Morgan fingerprint density at radius 3 is 1.90 bits per heavy atom. The van der Waals surface area contributed by atoms with Gasteiger partial charge in [0.25, 0.3) is 0 Å². The summed E-state index contributed by atoms with van der Waals surface area (Å²) in [6.45, 7) is 8.35. The topological polar surface area (TPSA) is 38.7 Å². The summed E-state index contributed by atoms with van der Waals surface area (Å²) in [6, 6.07) is 54.9. The van der Waals surface area contributed by atoms with Gasteiger partial charge in [0.1, 0.15) is 0 Å². The summed E-state index contributed by atoms with van der Waals surface area (Å²) in [5, 5.41) is 2.17. The van der Waals surface area contributed by atoms with Crippen molar-refractivity contribution >= 4 is 33.0 Å². The molecule has 0 saturated carbocycles. The molecule has 0 unspecified atom stereocenters. The molecular weight excluding hydrogens is 631 g/mol. The van der Waals surface area contributed by atoms with Crippen LogP contribution in [-0.2, 0) is 0 Å². The maximum absolute atomic E-state index is 5.25. The maximum atomic E-state index is 5.25. The summed E-state index contributed by atoms with van der Waals surface area (Å²) in [5.74, 6) is 0. The van der Waals surface area contributed by atoms with Crippen LogP contribution in [0.2, 0.25) is 0 Å². The first-order chi connectivity index (χ1) is 25.6. The number of hydrogen-bond donors (Lipinski definition) is 0. The molecule has 3 heteroatoms. The molecule has 0 amide bonds. The highest BCUT2D eigenvalue weighted by Gasteiger charge is 2.14. The fourth-order valence-corrected chi connectivity index (χ4v) is 6.85. The Morgan fingerprint density at radius 2 is 1.19 bits per heavy atom. The Labute approximate surface area is 305 Å². The highest BCUT2D eigenvalue weighted by molar-refractivity contribution is 6.08. The van der Waals surface area contributed by atoms with Gasteiger partial charge in [0, 0.05) is 33.2 Å². The van der Waals surface area contributed by atoms with Crippen molar-refractivity contribution < 1.29 is 0 Å². The quantitative estimate of drug-likeness (QED) is 0.120. The van der Waals surface area contributed by atoms with Gasteiger partial charge < -0.3 is 0 Å². The van der Waals surface area contributed by atoms with Crippen molar-refractivity contribution in [2.24, 2.45) is 0 Å². The zero-order valence-corrected chi connectivity index (χ0v) is 29.3. The van der Waals surface area contributed by atoms with E-state index in [9.17, 15) is 0 Å². The predicted molar refractivity (Wildman–Crippen MR) is 220 cm³/mol. The second-order valence-electron chi connectivity index (χ2n) is 12.9. The summed E-state index contributed by atoms with van der Waals surface area (Å²) < 4.78 is 0. The molecule has 0 atom stereocenters. The Bertz CT molecular complexity index is 2580. The minimum atomic E-state index is 0.867. The molecule has 8 aromatic rings. The van der Waals surface area contributed by atoms with Crippen molar-refractivity contribution in [3.63, 3.8) is 0 Å². The van der Waals surface area contributed by atoms with Crippen LogP contribution < -0.4 is 0 Å². The number of fused-ring (bicyclic) bond motifs is 3. The summed E-state index contributed by atoms with van der Waals surface area (Å²) in [6.07, 6.45) is 6.21. The number of pyridine rings is 3. The first-order valence-electron chi connectivity index (χ1n) is 17.6. The maximum Gasteiger partial charge on any atom is 0.0974 e. The van der Waals surface area contributed by atoms with E-state index in [0.717, 1.165) is 83.5 Å². The number of aryl methyl sites for hydroxylation is 1. The number of hydrogen-bond acceptors (Lipinski definition) is 3. The van der Waals surface area contributed by atoms with Gasteiger partial charge >= 0.3 is 0 Å². The highest BCUT2D eigenvalue weighted by Crippen LogP contribution is 2.35. The van der Waals surface area contributed by atoms with Crippen molar-refractivity contribution in [3.8, 4) is 44.8 Å². The van der Waals surface area contributed by atoms with E-state index in [-0.39, 0.29) is 0 Å². The molecule has 0 aliphatic rings. The summed E-state index contributed by atoms with van der Waals surface area (Å²) >= 11 is 0. The second kappa shape index (κ2) is 14.3. The molecule has 0 spiro atoms. The zero-order valence-electron chi connectivity index (χ0n) is 29.3. The number of aromatic nitrogens is 3. The molecule has 3 nitrogen and oxygen atoms in total. The monoisotopic (exact) mass is 667 g/mol. The van der Waals surface area contributed by atoms with Gasteiger partial charge in [-0.3, -0.25) is 4.98 Å². The fourth-order valence-electron chi connectivity index (χ4n) is 6.85. The Balaban J connectivity index is 1.20. The Hall–Kier alpha value is -6.71. The third kappa shape index (κ3) is 6.48. The molecule has 52 heavy (non-hydrogen) atoms. The SMILES string of the molecule is C=C/C(=C\C(=C/C)c1cccc(-c2ccc3ccc4c(-c5ccccc5)cc(C)nc4c3n2)c1)c1cc(-c2ccccc2)cc(-c2ccccc2)n1. The van der Waals surface area contributed by atoms with Gasteiger partial charge in [0.2, 0.25) is 0 Å². The van der Waals surface area contributed by atoms with E-state index >= 15 is 0 Å². The van der Waals surface area contributed by atoms with Crippen molar-refractivity contribution in [3.05, 3.63) is 199 Å². The van der Waals surface area contributed by atoms with E-state index in [2.05, 4.69) is 160 Å². The molecule has 0 aliphatic heterocycles.